The number of ether oxygens (including phenoxy) is 1. The highest BCUT2D eigenvalue weighted by Gasteiger charge is 2.30. The third kappa shape index (κ3) is 5.33. The van der Waals surface area contributed by atoms with Gasteiger partial charge in [0.1, 0.15) is 5.75 Å². The standard InChI is InChI=1S/C18H13F3N2O4S2/c1-29(25,26)14-8-15(28-10-14)17(24)23-12-4-7-16(22-9-12)27-13-5-2-11(3-6-13)18(19,20)21/h2-10H,1H3,(H,23,24). The lowest BCUT2D eigenvalue weighted by Crippen LogP contribution is -2.10. The summed E-state index contributed by atoms with van der Waals surface area (Å²) in [6.45, 7) is 0. The van der Waals surface area contributed by atoms with Crippen LogP contribution in [-0.2, 0) is 16.0 Å². The van der Waals surface area contributed by atoms with Crippen LogP contribution >= 0.6 is 11.3 Å². The van der Waals surface area contributed by atoms with E-state index < -0.39 is 27.5 Å². The summed E-state index contributed by atoms with van der Waals surface area (Å²) in [5.41, 5.74) is -0.451. The lowest BCUT2D eigenvalue weighted by molar-refractivity contribution is -0.137. The molecule has 152 valence electrons. The van der Waals surface area contributed by atoms with Crippen LogP contribution in [0.2, 0.25) is 0 Å². The Morgan fingerprint density at radius 3 is 2.34 bits per heavy atom. The van der Waals surface area contributed by atoms with Crippen molar-refractivity contribution in [3.63, 3.8) is 0 Å². The van der Waals surface area contributed by atoms with Gasteiger partial charge in [-0.3, -0.25) is 4.79 Å². The van der Waals surface area contributed by atoms with Gasteiger partial charge in [0.25, 0.3) is 5.91 Å². The maximum atomic E-state index is 12.6. The highest BCUT2D eigenvalue weighted by atomic mass is 32.2. The fraction of sp³-hybridized carbons (Fsp3) is 0.111. The van der Waals surface area contributed by atoms with E-state index in [0.29, 0.717) is 5.69 Å². The quantitative estimate of drug-likeness (QED) is 0.624. The first-order valence-corrected chi connectivity index (χ1v) is 10.7. The molecule has 0 aliphatic heterocycles. The highest BCUT2D eigenvalue weighted by molar-refractivity contribution is 7.90. The van der Waals surface area contributed by atoms with E-state index in [-0.39, 0.29) is 21.4 Å². The van der Waals surface area contributed by atoms with E-state index >= 15 is 0 Å². The van der Waals surface area contributed by atoms with Crippen LogP contribution in [0.5, 0.6) is 11.6 Å². The second kappa shape index (κ2) is 7.84. The van der Waals surface area contributed by atoms with Gasteiger partial charge >= 0.3 is 6.18 Å². The molecule has 0 spiro atoms. The van der Waals surface area contributed by atoms with Crippen LogP contribution < -0.4 is 10.1 Å². The Bertz CT molecular complexity index is 1120. The van der Waals surface area contributed by atoms with E-state index in [9.17, 15) is 26.4 Å². The van der Waals surface area contributed by atoms with Crippen molar-refractivity contribution < 1.29 is 31.1 Å². The number of hydrogen-bond donors (Lipinski definition) is 1. The Balaban J connectivity index is 1.64. The normalized spacial score (nSPS) is 11.9. The topological polar surface area (TPSA) is 85.4 Å². The van der Waals surface area contributed by atoms with Crippen molar-refractivity contribution in [3.8, 4) is 11.6 Å². The molecular formula is C18H13F3N2O4S2. The van der Waals surface area contributed by atoms with Gasteiger partial charge in [-0.25, -0.2) is 13.4 Å². The van der Waals surface area contributed by atoms with E-state index in [1.807, 2.05) is 0 Å². The first-order chi connectivity index (χ1) is 13.5. The average molecular weight is 442 g/mol. The molecule has 0 radical (unpaired) electrons. The maximum absolute atomic E-state index is 12.6. The summed E-state index contributed by atoms with van der Waals surface area (Å²) in [4.78, 5) is 16.5. The predicted octanol–water partition coefficient (Wildman–Crippen LogP) is 4.61. The SMILES string of the molecule is CS(=O)(=O)c1csc(C(=O)Nc2ccc(Oc3ccc(C(F)(F)F)cc3)nc2)c1. The molecule has 0 unspecified atom stereocenters. The number of rotatable bonds is 5. The van der Waals surface area contributed by atoms with Gasteiger partial charge in [0.2, 0.25) is 5.88 Å². The molecule has 1 amide bonds. The van der Waals surface area contributed by atoms with E-state index in [1.54, 1.807) is 0 Å². The number of nitrogens with zero attached hydrogens (tertiary/aromatic N) is 1. The first kappa shape index (κ1) is 20.8. The molecule has 0 aliphatic rings. The van der Waals surface area contributed by atoms with Gasteiger partial charge in [-0.2, -0.15) is 13.2 Å². The number of aromatic nitrogens is 1. The number of sulfone groups is 1. The molecule has 29 heavy (non-hydrogen) atoms. The summed E-state index contributed by atoms with van der Waals surface area (Å²) in [6.07, 6.45) is -2.07. The second-order valence-electron chi connectivity index (χ2n) is 5.88. The summed E-state index contributed by atoms with van der Waals surface area (Å²) in [5, 5.41) is 3.95. The number of alkyl halides is 3. The number of carbonyl (C=O) groups excluding carboxylic acids is 1. The Hall–Kier alpha value is -2.92. The molecule has 3 rings (SSSR count). The average Bonchev–Trinajstić information content (AvgIpc) is 3.14. The Kier molecular flexibility index (Phi) is 5.62. The van der Waals surface area contributed by atoms with Crippen molar-refractivity contribution in [1.82, 2.24) is 4.98 Å². The predicted molar refractivity (Wildman–Crippen MR) is 101 cm³/mol. The lowest BCUT2D eigenvalue weighted by atomic mass is 10.2. The minimum absolute atomic E-state index is 0.0612. The zero-order valence-corrected chi connectivity index (χ0v) is 16.4. The zero-order chi connectivity index (χ0) is 21.2. The first-order valence-electron chi connectivity index (χ1n) is 7.93. The van der Waals surface area contributed by atoms with Gasteiger partial charge in [0.15, 0.2) is 9.84 Å². The monoisotopic (exact) mass is 442 g/mol. The molecule has 0 atom stereocenters. The summed E-state index contributed by atoms with van der Waals surface area (Å²) in [7, 11) is -3.40. The van der Waals surface area contributed by atoms with E-state index in [1.165, 1.54) is 41.9 Å². The maximum Gasteiger partial charge on any atom is 0.416 e. The van der Waals surface area contributed by atoms with E-state index in [0.717, 1.165) is 29.7 Å². The molecule has 3 aromatic rings. The summed E-state index contributed by atoms with van der Waals surface area (Å²) >= 11 is 0.995. The number of thiophene rings is 1. The molecule has 0 saturated carbocycles. The minimum Gasteiger partial charge on any atom is -0.439 e. The fourth-order valence-electron chi connectivity index (χ4n) is 2.17. The molecule has 2 aromatic heterocycles. The van der Waals surface area contributed by atoms with Gasteiger partial charge in [0.05, 0.1) is 27.2 Å². The molecule has 0 aliphatic carbocycles. The van der Waals surface area contributed by atoms with Gasteiger partial charge in [0, 0.05) is 17.7 Å². The van der Waals surface area contributed by atoms with Crippen LogP contribution in [-0.4, -0.2) is 25.6 Å². The molecule has 1 N–H and O–H groups in total. The van der Waals surface area contributed by atoms with Crippen molar-refractivity contribution in [2.24, 2.45) is 0 Å². The molecule has 0 fully saturated rings. The smallest absolute Gasteiger partial charge is 0.416 e. The van der Waals surface area contributed by atoms with Gasteiger partial charge in [-0.1, -0.05) is 0 Å². The number of amides is 1. The number of hydrogen-bond acceptors (Lipinski definition) is 6. The third-order valence-corrected chi connectivity index (χ3v) is 5.80. The largest absolute Gasteiger partial charge is 0.439 e. The van der Waals surface area contributed by atoms with E-state index in [2.05, 4.69) is 10.3 Å². The second-order valence-corrected chi connectivity index (χ2v) is 8.81. The number of pyridine rings is 1. The minimum atomic E-state index is -4.43. The van der Waals surface area contributed by atoms with Crippen molar-refractivity contribution in [3.05, 3.63) is 64.5 Å². The van der Waals surface area contributed by atoms with Crippen LogP contribution in [0, 0.1) is 0 Å². The zero-order valence-electron chi connectivity index (χ0n) is 14.7. The van der Waals surface area contributed by atoms with Gasteiger partial charge < -0.3 is 10.1 Å². The molecule has 1 aromatic carbocycles. The summed E-state index contributed by atoms with van der Waals surface area (Å²) in [5.74, 6) is -0.199. The van der Waals surface area contributed by atoms with Crippen molar-refractivity contribution in [2.45, 2.75) is 11.1 Å². The fourth-order valence-corrected chi connectivity index (χ4v) is 4.09. The van der Waals surface area contributed by atoms with Crippen LogP contribution in [0.25, 0.3) is 0 Å². The molecule has 6 nitrogen and oxygen atoms in total. The van der Waals surface area contributed by atoms with Crippen LogP contribution in [0.4, 0.5) is 18.9 Å². The van der Waals surface area contributed by atoms with Crippen molar-refractivity contribution in [1.29, 1.82) is 0 Å². The lowest BCUT2D eigenvalue weighted by Gasteiger charge is -2.09. The van der Waals surface area contributed by atoms with Crippen LogP contribution in [0.3, 0.4) is 0 Å². The van der Waals surface area contributed by atoms with Crippen LogP contribution in [0.1, 0.15) is 15.2 Å². The molecule has 0 saturated heterocycles. The number of anilines is 1. The van der Waals surface area contributed by atoms with Crippen molar-refractivity contribution in [2.75, 3.05) is 11.6 Å². The summed E-state index contributed by atoms with van der Waals surface area (Å²) in [6, 6.07) is 8.36. The Morgan fingerprint density at radius 1 is 1.14 bits per heavy atom. The molecule has 0 bridgehead atoms. The third-order valence-electron chi connectivity index (χ3n) is 3.63. The highest BCUT2D eigenvalue weighted by Crippen LogP contribution is 2.31. The van der Waals surface area contributed by atoms with Crippen LogP contribution in [0.15, 0.2) is 58.9 Å². The van der Waals surface area contributed by atoms with Gasteiger partial charge in [-0.05, 0) is 36.4 Å². The number of carbonyl (C=O) groups is 1. The Labute approximate surface area is 167 Å². The van der Waals surface area contributed by atoms with E-state index in [4.69, 9.17) is 4.74 Å². The van der Waals surface area contributed by atoms with Gasteiger partial charge in [-0.15, -0.1) is 11.3 Å². The number of halogens is 3. The number of nitrogens with one attached hydrogen (secondary N) is 1. The Morgan fingerprint density at radius 2 is 1.83 bits per heavy atom. The molecule has 2 heterocycles. The summed E-state index contributed by atoms with van der Waals surface area (Å²) < 4.78 is 66.0. The number of benzene rings is 1. The van der Waals surface area contributed by atoms with Crippen molar-refractivity contribution >= 4 is 32.8 Å². The molecule has 11 heteroatoms. The molecular weight excluding hydrogens is 429 g/mol.